The Kier molecular flexibility index (Phi) is 2.47. The topological polar surface area (TPSA) is 0 Å². The van der Waals surface area contributed by atoms with E-state index in [0.717, 1.165) is 0 Å². The van der Waals surface area contributed by atoms with E-state index in [-0.39, 0.29) is 5.41 Å². The Morgan fingerprint density at radius 1 is 1.09 bits per heavy atom. The molecule has 0 aliphatic heterocycles. The van der Waals surface area contributed by atoms with Gasteiger partial charge in [-0.15, -0.1) is 0 Å². The summed E-state index contributed by atoms with van der Waals surface area (Å²) in [6.45, 7) is 6.74. The van der Waals surface area contributed by atoms with Crippen LogP contribution < -0.4 is 4.24 Å². The molecule has 0 aliphatic rings. The summed E-state index contributed by atoms with van der Waals surface area (Å²) >= 11 is 2.17. The fourth-order valence-electron chi connectivity index (χ4n) is 1.41. The van der Waals surface area contributed by atoms with Gasteiger partial charge < -0.3 is 0 Å². The summed E-state index contributed by atoms with van der Waals surface area (Å²) in [5, 5.41) is 0. The Morgan fingerprint density at radius 2 is 1.64 bits per heavy atom. The van der Waals surface area contributed by atoms with Crippen LogP contribution in [-0.4, -0.2) is 17.7 Å². The molecule has 0 radical (unpaired) electrons. The van der Waals surface area contributed by atoms with Crippen molar-refractivity contribution in [1.82, 2.24) is 0 Å². The minimum atomic E-state index is 0.283. The van der Waals surface area contributed by atoms with E-state index in [1.807, 2.05) is 0 Å². The Morgan fingerprint density at radius 3 is 2.00 bits per heavy atom. The Hall–Kier alpha value is -0.183. The van der Waals surface area contributed by atoms with E-state index >= 15 is 0 Å². The summed E-state index contributed by atoms with van der Waals surface area (Å²) < 4.78 is 1.39. The van der Waals surface area contributed by atoms with Crippen LogP contribution in [-0.2, 0) is 5.41 Å². The van der Waals surface area contributed by atoms with Crippen LogP contribution in [0.4, 0.5) is 0 Å². The summed E-state index contributed by atoms with van der Waals surface area (Å²) in [5.41, 5.74) is 1.73. The Balaban J connectivity index is 3.14. The molecule has 0 saturated carbocycles. The summed E-state index contributed by atoms with van der Waals surface area (Å²) in [7, 11) is 0. The third-order valence-electron chi connectivity index (χ3n) is 1.95. The molecule has 0 unspecified atom stereocenters. The molecule has 0 aromatic heterocycles. The van der Waals surface area contributed by atoms with Crippen LogP contribution in [0, 0.1) is 0 Å². The number of benzene rings is 1. The van der Waals surface area contributed by atoms with E-state index in [1.165, 1.54) is 9.80 Å². The SMILES string of the molecule is [Li][c]1ccccc1C(C)(C)C. The first-order valence-corrected chi connectivity index (χ1v) is 4.08. The molecule has 0 nitrogen and oxygen atoms in total. The minimum absolute atomic E-state index is 0.283. The third kappa shape index (κ3) is 2.12. The van der Waals surface area contributed by atoms with Crippen molar-refractivity contribution in [3.8, 4) is 0 Å². The molecule has 54 valence electrons. The van der Waals surface area contributed by atoms with Gasteiger partial charge in [-0.05, 0) is 0 Å². The van der Waals surface area contributed by atoms with Crippen LogP contribution in [0.5, 0.6) is 0 Å². The summed E-state index contributed by atoms with van der Waals surface area (Å²) in [5.74, 6) is 0. The predicted octanol–water partition coefficient (Wildman–Crippen LogP) is 1.78. The molecule has 0 aliphatic carbocycles. The standard InChI is InChI=1S/C10H13.Li/c1-10(2,3)9-7-5-4-6-8-9;/h4-7H,1-3H3;. The van der Waals surface area contributed by atoms with Crippen molar-refractivity contribution in [2.24, 2.45) is 0 Å². The van der Waals surface area contributed by atoms with Crippen LogP contribution in [0.2, 0.25) is 0 Å². The average molecular weight is 140 g/mol. The molecule has 0 amide bonds. The summed E-state index contributed by atoms with van der Waals surface area (Å²) in [4.78, 5) is 0. The molecule has 1 heteroatoms. The first-order chi connectivity index (χ1) is 5.02. The van der Waals surface area contributed by atoms with Gasteiger partial charge in [0.15, 0.2) is 0 Å². The molecule has 0 N–H and O–H groups in total. The summed E-state index contributed by atoms with van der Waals surface area (Å²) in [6, 6.07) is 8.56. The fraction of sp³-hybridized carbons (Fsp3) is 0.400. The van der Waals surface area contributed by atoms with Gasteiger partial charge in [0.25, 0.3) is 0 Å². The molecular formula is C10H13Li. The van der Waals surface area contributed by atoms with Gasteiger partial charge in [0.2, 0.25) is 0 Å². The van der Waals surface area contributed by atoms with Crippen LogP contribution in [0.25, 0.3) is 0 Å². The van der Waals surface area contributed by atoms with E-state index < -0.39 is 0 Å². The van der Waals surface area contributed by atoms with Crippen LogP contribution in [0.15, 0.2) is 24.3 Å². The maximum atomic E-state index is 2.25. The van der Waals surface area contributed by atoms with Crippen molar-refractivity contribution in [1.29, 1.82) is 0 Å². The molecular weight excluding hydrogens is 127 g/mol. The molecule has 0 bridgehead atoms. The predicted molar refractivity (Wildman–Crippen MR) is 50.5 cm³/mol. The van der Waals surface area contributed by atoms with Gasteiger partial charge in [0.05, 0.1) is 0 Å². The Bertz CT molecular complexity index is 245. The average Bonchev–Trinajstić information content (AvgIpc) is 1.86. The van der Waals surface area contributed by atoms with Crippen molar-refractivity contribution in [3.63, 3.8) is 0 Å². The molecule has 11 heavy (non-hydrogen) atoms. The van der Waals surface area contributed by atoms with Gasteiger partial charge >= 0.3 is 78.0 Å². The van der Waals surface area contributed by atoms with Crippen LogP contribution >= 0.6 is 0 Å². The molecule has 0 fully saturated rings. The van der Waals surface area contributed by atoms with E-state index in [4.69, 9.17) is 0 Å². The normalized spacial score (nSPS) is 11.7. The molecule has 1 rings (SSSR count). The van der Waals surface area contributed by atoms with E-state index in [9.17, 15) is 0 Å². The van der Waals surface area contributed by atoms with Crippen molar-refractivity contribution in [2.75, 3.05) is 0 Å². The van der Waals surface area contributed by atoms with E-state index in [0.29, 0.717) is 0 Å². The van der Waals surface area contributed by atoms with Gasteiger partial charge in [0.1, 0.15) is 0 Å². The van der Waals surface area contributed by atoms with Gasteiger partial charge in [-0.3, -0.25) is 0 Å². The van der Waals surface area contributed by atoms with Gasteiger partial charge in [-0.2, -0.15) is 0 Å². The number of hydrogen-bond acceptors (Lipinski definition) is 0. The first kappa shape index (κ1) is 8.91. The van der Waals surface area contributed by atoms with Crippen molar-refractivity contribution in [2.45, 2.75) is 26.2 Å². The monoisotopic (exact) mass is 140 g/mol. The molecule has 0 atom stereocenters. The quantitative estimate of drug-likeness (QED) is 0.482. The number of hydrogen-bond donors (Lipinski definition) is 0. The van der Waals surface area contributed by atoms with Crippen LogP contribution in [0.1, 0.15) is 26.3 Å². The third-order valence-corrected chi connectivity index (χ3v) is 1.95. The second kappa shape index (κ2) is 3.05. The van der Waals surface area contributed by atoms with Crippen molar-refractivity contribution in [3.05, 3.63) is 29.8 Å². The van der Waals surface area contributed by atoms with Gasteiger partial charge in [-0.25, -0.2) is 0 Å². The maximum absolute atomic E-state index is 2.25. The second-order valence-electron chi connectivity index (χ2n) is 4.06. The Labute approximate surface area is 78.2 Å². The van der Waals surface area contributed by atoms with E-state index in [2.05, 4.69) is 62.8 Å². The van der Waals surface area contributed by atoms with Crippen LogP contribution in [0.3, 0.4) is 0 Å². The molecule has 0 spiro atoms. The fourth-order valence-corrected chi connectivity index (χ4v) is 1.41. The number of rotatable bonds is 0. The molecule has 0 saturated heterocycles. The zero-order valence-corrected chi connectivity index (χ0v) is 7.81. The molecule has 1 aromatic rings. The second-order valence-corrected chi connectivity index (χ2v) is 4.06. The van der Waals surface area contributed by atoms with E-state index in [1.54, 1.807) is 0 Å². The molecule has 0 heterocycles. The van der Waals surface area contributed by atoms with Crippen molar-refractivity contribution < 1.29 is 0 Å². The van der Waals surface area contributed by atoms with Crippen molar-refractivity contribution >= 4 is 22.0 Å². The zero-order valence-electron chi connectivity index (χ0n) is 7.81. The summed E-state index contributed by atoms with van der Waals surface area (Å²) in [6.07, 6.45) is 0. The molecule has 1 aromatic carbocycles. The first-order valence-electron chi connectivity index (χ1n) is 4.08. The van der Waals surface area contributed by atoms with Gasteiger partial charge in [-0.1, -0.05) is 0 Å². The van der Waals surface area contributed by atoms with Gasteiger partial charge in [0, 0.05) is 0 Å². The zero-order chi connectivity index (χ0) is 8.48.